The number of hydrogen-bond donors (Lipinski definition) is 1. The molecule has 2 fully saturated rings. The molecule has 10 nitrogen and oxygen atoms in total. The maximum atomic E-state index is 15.1. The molecule has 1 N–H and O–H groups in total. The number of nitrogens with one attached hydrogen (secondary N) is 1. The highest BCUT2D eigenvalue weighted by Crippen LogP contribution is 2.30. The Kier molecular flexibility index (Phi) is 10.3. The maximum absolute atomic E-state index is 15.1. The smallest absolute Gasteiger partial charge is 0.308 e. The van der Waals surface area contributed by atoms with Gasteiger partial charge in [-0.3, -0.25) is 14.4 Å². The van der Waals surface area contributed by atoms with Crippen molar-refractivity contribution in [3.8, 4) is 0 Å². The molecule has 242 valence electrons. The molecular formula is C32H37ClFN3O7S. The van der Waals surface area contributed by atoms with Crippen LogP contribution in [0.4, 0.5) is 10.1 Å². The fourth-order valence-electron chi connectivity index (χ4n) is 6.30. The molecule has 1 saturated carbocycles. The van der Waals surface area contributed by atoms with Gasteiger partial charge in [0.15, 0.2) is 5.78 Å². The lowest BCUT2D eigenvalue weighted by Gasteiger charge is -2.30. The van der Waals surface area contributed by atoms with E-state index in [0.717, 1.165) is 17.0 Å². The van der Waals surface area contributed by atoms with Gasteiger partial charge in [-0.15, -0.1) is 0 Å². The number of amides is 1. The summed E-state index contributed by atoms with van der Waals surface area (Å²) in [5.41, 5.74) is 1.23. The predicted octanol–water partition coefficient (Wildman–Crippen LogP) is 4.88. The minimum atomic E-state index is -3.97. The van der Waals surface area contributed by atoms with Crippen LogP contribution in [0.2, 0.25) is 5.02 Å². The van der Waals surface area contributed by atoms with Gasteiger partial charge in [0.1, 0.15) is 11.6 Å². The molecule has 0 radical (unpaired) electrons. The van der Waals surface area contributed by atoms with Crippen molar-refractivity contribution in [3.63, 3.8) is 0 Å². The Balaban J connectivity index is 1.17. The largest absolute Gasteiger partial charge is 0.469 e. The number of halogens is 2. The van der Waals surface area contributed by atoms with Crippen LogP contribution in [0.3, 0.4) is 0 Å². The molecule has 1 aliphatic carbocycles. The van der Waals surface area contributed by atoms with Crippen molar-refractivity contribution in [2.75, 3.05) is 31.3 Å². The van der Waals surface area contributed by atoms with Gasteiger partial charge >= 0.3 is 5.97 Å². The van der Waals surface area contributed by atoms with Crippen LogP contribution in [-0.2, 0) is 42.6 Å². The number of nitrogens with zero attached hydrogens (tertiary/aromatic N) is 2. The Morgan fingerprint density at radius 1 is 1.09 bits per heavy atom. The highest BCUT2D eigenvalue weighted by atomic mass is 35.5. The third-order valence-corrected chi connectivity index (χ3v) is 10.9. The minimum Gasteiger partial charge on any atom is -0.469 e. The van der Waals surface area contributed by atoms with E-state index < -0.39 is 45.7 Å². The van der Waals surface area contributed by atoms with Gasteiger partial charge in [-0.05, 0) is 62.3 Å². The highest BCUT2D eigenvalue weighted by molar-refractivity contribution is 7.89. The first-order chi connectivity index (χ1) is 21.5. The van der Waals surface area contributed by atoms with Crippen LogP contribution in [0.1, 0.15) is 54.4 Å². The number of fused-ring (bicyclic) bond motifs is 1. The zero-order valence-corrected chi connectivity index (χ0v) is 26.8. The summed E-state index contributed by atoms with van der Waals surface area (Å²) in [5.74, 6) is -3.05. The molecule has 45 heavy (non-hydrogen) atoms. The van der Waals surface area contributed by atoms with E-state index in [2.05, 4.69) is 5.32 Å². The van der Waals surface area contributed by atoms with Gasteiger partial charge in [0.25, 0.3) is 5.91 Å². The lowest BCUT2D eigenvalue weighted by atomic mass is 9.87. The number of Topliss-reactive ketones (excluding diaryl/α,β-unsaturated/α-hetero) is 1. The van der Waals surface area contributed by atoms with E-state index in [9.17, 15) is 22.8 Å². The Morgan fingerprint density at radius 3 is 2.56 bits per heavy atom. The van der Waals surface area contributed by atoms with Crippen molar-refractivity contribution in [1.29, 1.82) is 0 Å². The second-order valence-corrected chi connectivity index (χ2v) is 14.1. The van der Waals surface area contributed by atoms with E-state index in [0.29, 0.717) is 44.1 Å². The Labute approximate surface area is 266 Å². The van der Waals surface area contributed by atoms with Crippen LogP contribution < -0.4 is 5.32 Å². The van der Waals surface area contributed by atoms with E-state index in [1.54, 1.807) is 6.20 Å². The van der Waals surface area contributed by atoms with Crippen molar-refractivity contribution in [2.24, 2.45) is 13.0 Å². The molecule has 1 saturated heterocycles. The molecule has 1 aliphatic heterocycles. The first-order valence-electron chi connectivity index (χ1n) is 15.0. The van der Waals surface area contributed by atoms with Gasteiger partial charge in [0.05, 0.1) is 42.0 Å². The van der Waals surface area contributed by atoms with E-state index in [-0.39, 0.29) is 47.4 Å². The molecule has 1 atom stereocenters. The quantitative estimate of drug-likeness (QED) is 0.291. The zero-order valence-electron chi connectivity index (χ0n) is 25.3. The van der Waals surface area contributed by atoms with Gasteiger partial charge in [-0.1, -0.05) is 29.8 Å². The van der Waals surface area contributed by atoms with Crippen molar-refractivity contribution >= 4 is 55.9 Å². The van der Waals surface area contributed by atoms with Crippen molar-refractivity contribution < 1.29 is 36.7 Å². The summed E-state index contributed by atoms with van der Waals surface area (Å²) in [6.07, 6.45) is 5.11. The number of aromatic nitrogens is 1. The van der Waals surface area contributed by atoms with Crippen LogP contribution in [0.5, 0.6) is 0 Å². The SMILES string of the molecule is COC(=O)C1CCC(OC[C@@H]2CCCN2S(=O)(=O)CC(=O)Cc2cc(Cl)c(NC(=O)c3cn(C)c4ccccc34)cc2F)CC1. The third-order valence-electron chi connectivity index (χ3n) is 8.67. The monoisotopic (exact) mass is 661 g/mol. The maximum Gasteiger partial charge on any atom is 0.308 e. The Morgan fingerprint density at radius 2 is 1.82 bits per heavy atom. The van der Waals surface area contributed by atoms with Gasteiger partial charge in [0.2, 0.25) is 10.0 Å². The zero-order chi connectivity index (χ0) is 32.3. The predicted molar refractivity (Wildman–Crippen MR) is 168 cm³/mol. The molecule has 13 heteroatoms. The summed E-state index contributed by atoms with van der Waals surface area (Å²) in [6.45, 7) is 0.487. The lowest BCUT2D eigenvalue weighted by Crippen LogP contribution is -2.42. The standard InChI is InChI=1S/C32H37ClFN3O7S/c1-36-17-26(25-7-3-4-8-30(25)36)31(39)35-29-16-28(34)21(15-27(29)33)14-23(38)19-45(41,42)37-13-5-6-22(37)18-44-24-11-9-20(10-12-24)32(40)43-2/h3-4,7-8,15-17,20,22,24H,5-6,9-14,18-19H2,1-2H3,(H,35,39)/t20?,22-,24?/m0/s1. The fraction of sp³-hybridized carbons (Fsp3) is 0.469. The van der Waals surface area contributed by atoms with Gasteiger partial charge in [0, 0.05) is 43.2 Å². The average Bonchev–Trinajstić information content (AvgIpc) is 3.63. The van der Waals surface area contributed by atoms with E-state index in [1.807, 2.05) is 35.9 Å². The van der Waals surface area contributed by atoms with Crippen LogP contribution in [0.15, 0.2) is 42.6 Å². The highest BCUT2D eigenvalue weighted by Gasteiger charge is 2.37. The molecule has 2 aliphatic rings. The number of esters is 1. The molecule has 2 heterocycles. The number of anilines is 1. The molecule has 0 unspecified atom stereocenters. The van der Waals surface area contributed by atoms with Crippen LogP contribution >= 0.6 is 11.6 Å². The normalized spacial score (nSPS) is 20.8. The summed E-state index contributed by atoms with van der Waals surface area (Å²) in [4.78, 5) is 37.7. The summed E-state index contributed by atoms with van der Waals surface area (Å²) < 4.78 is 55.5. The Bertz CT molecular complexity index is 1700. The number of benzene rings is 2. The lowest BCUT2D eigenvalue weighted by molar-refractivity contribution is -0.147. The van der Waals surface area contributed by atoms with E-state index in [1.165, 1.54) is 17.5 Å². The number of methoxy groups -OCH3 is 1. The van der Waals surface area contributed by atoms with Gasteiger partial charge in [-0.2, -0.15) is 4.31 Å². The molecule has 0 spiro atoms. The molecule has 2 aromatic carbocycles. The number of para-hydroxylation sites is 1. The topological polar surface area (TPSA) is 124 Å². The molecule has 5 rings (SSSR count). The summed E-state index contributed by atoms with van der Waals surface area (Å²) in [7, 11) is -0.777. The number of carbonyl (C=O) groups is 3. The first-order valence-corrected chi connectivity index (χ1v) is 17.0. The number of rotatable bonds is 11. The third kappa shape index (κ3) is 7.57. The number of ketones is 1. The van der Waals surface area contributed by atoms with Crippen LogP contribution in [-0.4, -0.2) is 73.1 Å². The average molecular weight is 662 g/mol. The molecule has 1 amide bonds. The number of ether oxygens (including phenoxy) is 2. The Hall–Kier alpha value is -3.32. The van der Waals surface area contributed by atoms with Gasteiger partial charge < -0.3 is 19.4 Å². The summed E-state index contributed by atoms with van der Waals surface area (Å²) in [5, 5.41) is 3.38. The summed E-state index contributed by atoms with van der Waals surface area (Å²) in [6, 6.07) is 9.25. The number of hydrogen-bond acceptors (Lipinski definition) is 7. The molecular weight excluding hydrogens is 625 g/mol. The van der Waals surface area contributed by atoms with Crippen LogP contribution in [0.25, 0.3) is 10.9 Å². The molecule has 3 aromatic rings. The number of carbonyl (C=O) groups excluding carboxylic acids is 3. The van der Waals surface area contributed by atoms with Crippen molar-refractivity contribution in [1.82, 2.24) is 8.87 Å². The van der Waals surface area contributed by atoms with E-state index >= 15 is 4.39 Å². The number of aryl methyl sites for hydroxylation is 1. The first kappa shape index (κ1) is 33.1. The van der Waals surface area contributed by atoms with Crippen LogP contribution in [0, 0.1) is 11.7 Å². The van der Waals surface area contributed by atoms with Crippen molar-refractivity contribution in [3.05, 3.63) is 64.6 Å². The second kappa shape index (κ2) is 14.0. The van der Waals surface area contributed by atoms with Gasteiger partial charge in [-0.25, -0.2) is 12.8 Å². The molecule has 0 bridgehead atoms. The number of sulfonamides is 1. The van der Waals surface area contributed by atoms with E-state index in [4.69, 9.17) is 21.1 Å². The minimum absolute atomic E-state index is 0.0213. The molecule has 1 aromatic heterocycles. The summed E-state index contributed by atoms with van der Waals surface area (Å²) >= 11 is 6.36. The van der Waals surface area contributed by atoms with Crippen molar-refractivity contribution in [2.45, 2.75) is 57.1 Å². The second-order valence-electron chi connectivity index (χ2n) is 11.8. The fourth-order valence-corrected chi connectivity index (χ4v) is 8.24.